The Morgan fingerprint density at radius 2 is 1.61 bits per heavy atom. The van der Waals surface area contributed by atoms with E-state index in [1.54, 1.807) is 0 Å². The van der Waals surface area contributed by atoms with E-state index in [1.165, 1.54) is 32.1 Å². The summed E-state index contributed by atoms with van der Waals surface area (Å²) >= 11 is 0. The number of fused-ring (bicyclic) bond motifs is 2. The normalized spacial score (nSPS) is 49.6. The Kier molecular flexibility index (Phi) is 2.47. The van der Waals surface area contributed by atoms with Gasteiger partial charge in [-0.3, -0.25) is 0 Å². The van der Waals surface area contributed by atoms with Crippen molar-refractivity contribution in [1.82, 2.24) is 0 Å². The van der Waals surface area contributed by atoms with Gasteiger partial charge in [0.25, 0.3) is 0 Å². The molecule has 0 aromatic heterocycles. The fourth-order valence-electron chi connectivity index (χ4n) is 6.10. The van der Waals surface area contributed by atoms with E-state index < -0.39 is 11.6 Å². The van der Waals surface area contributed by atoms with Crippen molar-refractivity contribution in [2.24, 2.45) is 23.7 Å². The standard InChI is InChI=1S/C19H22O4/c1-2-4-17-16(3-1)18(5-6-20-17)21-19(23-22-18)14-8-12-7-13(10-14)11-15(19)9-12/h1-4,12-15H,5-11H2. The molecule has 1 saturated heterocycles. The van der Waals surface area contributed by atoms with Gasteiger partial charge in [-0.15, -0.1) is 0 Å². The van der Waals surface area contributed by atoms with Crippen LogP contribution < -0.4 is 4.74 Å². The van der Waals surface area contributed by atoms with Gasteiger partial charge < -0.3 is 9.47 Å². The van der Waals surface area contributed by atoms with Crippen molar-refractivity contribution in [1.29, 1.82) is 0 Å². The number of benzene rings is 1. The third kappa shape index (κ3) is 1.62. The zero-order chi connectivity index (χ0) is 15.1. The second kappa shape index (κ2) is 4.29. The zero-order valence-electron chi connectivity index (χ0n) is 13.2. The van der Waals surface area contributed by atoms with Crippen LogP contribution in [0.4, 0.5) is 0 Å². The van der Waals surface area contributed by atoms with Crippen LogP contribution in [-0.4, -0.2) is 12.4 Å². The van der Waals surface area contributed by atoms with Crippen molar-refractivity contribution < 1.29 is 19.2 Å². The van der Waals surface area contributed by atoms with Crippen molar-refractivity contribution in [2.75, 3.05) is 6.61 Å². The maximum absolute atomic E-state index is 6.76. The molecule has 1 aromatic carbocycles. The van der Waals surface area contributed by atoms with Gasteiger partial charge in [0.05, 0.1) is 12.2 Å². The Labute approximate surface area is 136 Å². The Morgan fingerprint density at radius 1 is 0.870 bits per heavy atom. The third-order valence-electron chi connectivity index (χ3n) is 6.89. The van der Waals surface area contributed by atoms with E-state index in [4.69, 9.17) is 19.2 Å². The summed E-state index contributed by atoms with van der Waals surface area (Å²) in [5, 5.41) is 0. The van der Waals surface area contributed by atoms with Crippen LogP contribution in [0, 0.1) is 23.7 Å². The molecular formula is C19H22O4. The highest BCUT2D eigenvalue weighted by molar-refractivity contribution is 5.38. The molecule has 0 radical (unpaired) electrons. The molecule has 2 spiro atoms. The molecule has 0 amide bonds. The molecule has 2 heterocycles. The van der Waals surface area contributed by atoms with Gasteiger partial charge in [0.1, 0.15) is 5.75 Å². The quantitative estimate of drug-likeness (QED) is 0.683. The first-order valence-corrected chi connectivity index (χ1v) is 9.07. The SMILES string of the molecule is c1ccc2c(c1)OCCC21OOC2(O1)C1CC3CC(C1)CC2C3. The van der Waals surface area contributed by atoms with E-state index in [9.17, 15) is 0 Å². The molecule has 2 aliphatic heterocycles. The minimum atomic E-state index is -0.774. The fraction of sp³-hybridized carbons (Fsp3) is 0.684. The molecule has 1 aromatic rings. The third-order valence-corrected chi connectivity index (χ3v) is 6.89. The molecule has 4 saturated carbocycles. The Morgan fingerprint density at radius 3 is 2.39 bits per heavy atom. The number of hydrogen-bond donors (Lipinski definition) is 0. The highest BCUT2D eigenvalue weighted by Crippen LogP contribution is 2.64. The first-order valence-electron chi connectivity index (χ1n) is 9.07. The average Bonchev–Trinajstić information content (AvgIpc) is 2.94. The summed E-state index contributed by atoms with van der Waals surface area (Å²) in [6.07, 6.45) is 7.08. The van der Waals surface area contributed by atoms with E-state index in [1.807, 2.05) is 24.3 Å². The summed E-state index contributed by atoms with van der Waals surface area (Å²) in [6, 6.07) is 8.05. The van der Waals surface area contributed by atoms with Crippen LogP contribution in [0.3, 0.4) is 0 Å². The van der Waals surface area contributed by atoms with E-state index in [0.717, 1.165) is 23.1 Å². The lowest BCUT2D eigenvalue weighted by Crippen LogP contribution is -2.59. The molecule has 23 heavy (non-hydrogen) atoms. The molecule has 4 heteroatoms. The van der Waals surface area contributed by atoms with Gasteiger partial charge in [0.15, 0.2) is 0 Å². The van der Waals surface area contributed by atoms with Gasteiger partial charge in [0.2, 0.25) is 11.6 Å². The number of rotatable bonds is 0. The van der Waals surface area contributed by atoms with Crippen LogP contribution in [0.15, 0.2) is 24.3 Å². The summed E-state index contributed by atoms with van der Waals surface area (Å²) in [7, 11) is 0. The minimum absolute atomic E-state index is 0.494. The van der Waals surface area contributed by atoms with Crippen LogP contribution in [0.5, 0.6) is 5.75 Å². The van der Waals surface area contributed by atoms with Crippen molar-refractivity contribution in [2.45, 2.75) is 50.1 Å². The Balaban J connectivity index is 1.41. The van der Waals surface area contributed by atoms with Crippen molar-refractivity contribution in [3.05, 3.63) is 29.8 Å². The van der Waals surface area contributed by atoms with E-state index in [2.05, 4.69) is 0 Å². The molecule has 6 aliphatic rings. The average molecular weight is 314 g/mol. The molecule has 1 unspecified atom stereocenters. The largest absolute Gasteiger partial charge is 0.493 e. The van der Waals surface area contributed by atoms with Crippen LogP contribution in [-0.2, 0) is 20.3 Å². The summed E-state index contributed by atoms with van der Waals surface area (Å²) in [4.78, 5) is 12.1. The van der Waals surface area contributed by atoms with E-state index in [0.29, 0.717) is 24.9 Å². The summed E-state index contributed by atoms with van der Waals surface area (Å²) < 4.78 is 12.5. The highest BCUT2D eigenvalue weighted by Gasteiger charge is 2.67. The zero-order valence-corrected chi connectivity index (χ0v) is 13.2. The summed E-state index contributed by atoms with van der Waals surface area (Å²) in [5.74, 6) is 2.33. The van der Waals surface area contributed by atoms with Crippen LogP contribution >= 0.6 is 0 Å². The second-order valence-corrected chi connectivity index (χ2v) is 8.14. The molecule has 1 atom stereocenters. The number of para-hydroxylation sites is 1. The van der Waals surface area contributed by atoms with Gasteiger partial charge >= 0.3 is 0 Å². The predicted octanol–water partition coefficient (Wildman–Crippen LogP) is 3.75. The van der Waals surface area contributed by atoms with Gasteiger partial charge in [-0.25, -0.2) is 0 Å². The molecule has 7 rings (SSSR count). The smallest absolute Gasteiger partial charge is 0.237 e. The number of ether oxygens (including phenoxy) is 2. The second-order valence-electron chi connectivity index (χ2n) is 8.14. The lowest BCUT2D eigenvalue weighted by molar-refractivity contribution is -0.391. The van der Waals surface area contributed by atoms with Crippen LogP contribution in [0.2, 0.25) is 0 Å². The molecule has 4 aliphatic carbocycles. The summed E-state index contributed by atoms with van der Waals surface area (Å²) in [5.41, 5.74) is 0.983. The molecular weight excluding hydrogens is 292 g/mol. The minimum Gasteiger partial charge on any atom is -0.493 e. The van der Waals surface area contributed by atoms with Gasteiger partial charge in [-0.2, -0.15) is 9.78 Å². The van der Waals surface area contributed by atoms with Crippen molar-refractivity contribution in [3.63, 3.8) is 0 Å². The van der Waals surface area contributed by atoms with Crippen molar-refractivity contribution in [3.8, 4) is 5.75 Å². The highest BCUT2D eigenvalue weighted by atomic mass is 17.3. The first kappa shape index (κ1) is 13.2. The molecule has 0 N–H and O–H groups in total. The Bertz CT molecular complexity index is 629. The summed E-state index contributed by atoms with van der Waals surface area (Å²) in [6.45, 7) is 0.608. The fourth-order valence-corrected chi connectivity index (χ4v) is 6.10. The molecule has 4 bridgehead atoms. The van der Waals surface area contributed by atoms with Gasteiger partial charge in [0, 0.05) is 18.3 Å². The van der Waals surface area contributed by atoms with Crippen molar-refractivity contribution >= 4 is 0 Å². The van der Waals surface area contributed by atoms with Gasteiger partial charge in [-0.1, -0.05) is 12.1 Å². The maximum Gasteiger partial charge on any atom is 0.237 e. The Hall–Kier alpha value is -1.10. The monoisotopic (exact) mass is 314 g/mol. The number of hydrogen-bond acceptors (Lipinski definition) is 4. The molecule has 122 valence electrons. The first-order chi connectivity index (χ1) is 11.3. The van der Waals surface area contributed by atoms with E-state index in [-0.39, 0.29) is 0 Å². The van der Waals surface area contributed by atoms with E-state index >= 15 is 0 Å². The lowest BCUT2D eigenvalue weighted by atomic mass is 9.53. The predicted molar refractivity (Wildman–Crippen MR) is 81.3 cm³/mol. The lowest BCUT2D eigenvalue weighted by Gasteiger charge is -2.57. The molecule has 5 fully saturated rings. The maximum atomic E-state index is 6.76. The molecule has 4 nitrogen and oxygen atoms in total. The van der Waals surface area contributed by atoms with Crippen LogP contribution in [0.25, 0.3) is 0 Å². The topological polar surface area (TPSA) is 36.9 Å². The van der Waals surface area contributed by atoms with Crippen LogP contribution in [0.1, 0.15) is 44.1 Å². The van der Waals surface area contributed by atoms with Gasteiger partial charge in [-0.05, 0) is 56.1 Å².